The summed E-state index contributed by atoms with van der Waals surface area (Å²) >= 11 is 2.76. The number of thioether (sulfide) groups is 1. The average molecular weight is 476 g/mol. The molecule has 2 N–H and O–H groups in total. The first-order valence-electron chi connectivity index (χ1n) is 11.0. The number of nitrogens with one attached hydrogen (secondary N) is 2. The van der Waals surface area contributed by atoms with Crippen LogP contribution in [0.4, 0.5) is 4.79 Å². The Hall–Kier alpha value is -2.40. The molecule has 2 aromatic rings. The van der Waals surface area contributed by atoms with Gasteiger partial charge in [-0.1, -0.05) is 37.9 Å². The van der Waals surface area contributed by atoms with Gasteiger partial charge in [0.1, 0.15) is 5.54 Å². The van der Waals surface area contributed by atoms with Crippen LogP contribution >= 0.6 is 23.1 Å². The van der Waals surface area contributed by atoms with Crippen molar-refractivity contribution in [2.24, 2.45) is 5.92 Å². The molecule has 1 atom stereocenters. The van der Waals surface area contributed by atoms with Gasteiger partial charge in [-0.25, -0.2) is 4.79 Å². The van der Waals surface area contributed by atoms with E-state index in [9.17, 15) is 14.4 Å². The van der Waals surface area contributed by atoms with Crippen LogP contribution < -0.4 is 10.7 Å². The fourth-order valence-corrected chi connectivity index (χ4v) is 6.36. The van der Waals surface area contributed by atoms with Crippen LogP contribution in [0.3, 0.4) is 0 Å². The van der Waals surface area contributed by atoms with E-state index in [1.165, 1.54) is 16.9 Å². The maximum Gasteiger partial charge on any atom is 0.344 e. The predicted molar refractivity (Wildman–Crippen MR) is 119 cm³/mol. The molecule has 1 saturated carbocycles. The highest BCUT2D eigenvalue weighted by molar-refractivity contribution is 7.99. The van der Waals surface area contributed by atoms with Gasteiger partial charge >= 0.3 is 6.03 Å². The highest BCUT2D eigenvalue weighted by Crippen LogP contribution is 2.37. The van der Waals surface area contributed by atoms with Crippen molar-refractivity contribution >= 4 is 40.9 Å². The number of carbonyl (C=O) groups excluding carboxylic acids is 3. The van der Waals surface area contributed by atoms with Crippen LogP contribution in [-0.4, -0.2) is 44.3 Å². The molecule has 3 heterocycles. The van der Waals surface area contributed by atoms with Crippen LogP contribution in [0.25, 0.3) is 10.8 Å². The second kappa shape index (κ2) is 8.51. The third-order valence-corrected chi connectivity index (χ3v) is 8.42. The van der Waals surface area contributed by atoms with Crippen LogP contribution in [0.15, 0.2) is 15.7 Å². The number of fused-ring (bicyclic) bond motifs is 1. The first-order chi connectivity index (χ1) is 15.4. The maximum atomic E-state index is 12.7. The molecular weight excluding hydrogens is 450 g/mol. The van der Waals surface area contributed by atoms with E-state index in [4.69, 9.17) is 4.42 Å². The predicted octanol–water partition coefficient (Wildman–Crippen LogP) is 3.30. The molecule has 0 aromatic carbocycles. The number of nitrogens with zero attached hydrogens (tertiary/aromatic N) is 3. The minimum Gasteiger partial charge on any atom is -0.410 e. The Bertz CT molecular complexity index is 1060. The molecule has 0 unspecified atom stereocenters. The molecule has 1 aliphatic heterocycles. The van der Waals surface area contributed by atoms with Gasteiger partial charge in [0.2, 0.25) is 5.91 Å². The Kier molecular flexibility index (Phi) is 5.70. The van der Waals surface area contributed by atoms with Crippen LogP contribution in [0, 0.1) is 5.92 Å². The summed E-state index contributed by atoms with van der Waals surface area (Å²) in [6, 6.07) is 1.55. The molecule has 11 heteroatoms. The molecule has 9 nitrogen and oxygen atoms in total. The van der Waals surface area contributed by atoms with Gasteiger partial charge < -0.3 is 9.73 Å². The first kappa shape index (κ1) is 21.4. The fraction of sp³-hybridized carbons (Fsp3) is 0.571. The van der Waals surface area contributed by atoms with Crippen molar-refractivity contribution in [2.45, 2.75) is 69.1 Å². The molecule has 0 radical (unpaired) electrons. The van der Waals surface area contributed by atoms with Crippen LogP contribution in [0.5, 0.6) is 0 Å². The number of thiophene rings is 1. The van der Waals surface area contributed by atoms with E-state index in [0.717, 1.165) is 53.8 Å². The largest absolute Gasteiger partial charge is 0.410 e. The van der Waals surface area contributed by atoms with Gasteiger partial charge in [0, 0.05) is 4.88 Å². The van der Waals surface area contributed by atoms with Gasteiger partial charge in [-0.05, 0) is 49.7 Å². The molecule has 1 saturated heterocycles. The summed E-state index contributed by atoms with van der Waals surface area (Å²) in [5, 5.41) is 12.0. The number of hydrogen-bond acceptors (Lipinski definition) is 8. The normalized spacial score (nSPS) is 22.2. The minimum atomic E-state index is -0.866. The van der Waals surface area contributed by atoms with Crippen LogP contribution in [-0.2, 0) is 22.4 Å². The van der Waals surface area contributed by atoms with E-state index >= 15 is 0 Å². The molecule has 4 amide bonds. The quantitative estimate of drug-likeness (QED) is 0.503. The summed E-state index contributed by atoms with van der Waals surface area (Å²) in [5.41, 5.74) is 2.91. The minimum absolute atomic E-state index is 0.0514. The molecule has 2 fully saturated rings. The summed E-state index contributed by atoms with van der Waals surface area (Å²) in [6.45, 7) is 2.26. The third-order valence-electron chi connectivity index (χ3n) is 6.38. The van der Waals surface area contributed by atoms with Crippen molar-refractivity contribution in [3.8, 4) is 10.8 Å². The lowest BCUT2D eigenvalue weighted by Gasteiger charge is -2.30. The summed E-state index contributed by atoms with van der Waals surface area (Å²) < 4.78 is 5.74. The number of rotatable bonds is 5. The van der Waals surface area contributed by atoms with E-state index in [-0.39, 0.29) is 16.9 Å². The Morgan fingerprint density at radius 3 is 2.97 bits per heavy atom. The molecule has 3 aliphatic rings. The second-order valence-corrected chi connectivity index (χ2v) is 10.9. The molecule has 2 aromatic heterocycles. The average Bonchev–Trinajstić information content (AvgIpc) is 3.47. The fourth-order valence-electron chi connectivity index (χ4n) is 4.68. The van der Waals surface area contributed by atoms with E-state index in [2.05, 4.69) is 33.9 Å². The SMILES string of the molecule is C[C@@H]1CCc2sc(-c3nnc(SCC(=O)NN4C(=O)NC5(CCCCC5)C4=O)o3)cc2C1. The highest BCUT2D eigenvalue weighted by Gasteiger charge is 2.52. The smallest absolute Gasteiger partial charge is 0.344 e. The monoisotopic (exact) mass is 475 g/mol. The maximum absolute atomic E-state index is 12.7. The topological polar surface area (TPSA) is 117 Å². The van der Waals surface area contributed by atoms with E-state index in [1.807, 2.05) is 0 Å². The number of amides is 4. The van der Waals surface area contributed by atoms with Crippen molar-refractivity contribution in [3.05, 3.63) is 16.5 Å². The zero-order chi connectivity index (χ0) is 22.3. The van der Waals surface area contributed by atoms with E-state index in [0.29, 0.717) is 24.7 Å². The van der Waals surface area contributed by atoms with Gasteiger partial charge in [-0.15, -0.1) is 21.5 Å². The highest BCUT2D eigenvalue weighted by atomic mass is 32.2. The number of aromatic nitrogens is 2. The Balaban J connectivity index is 1.17. The Labute approximate surface area is 193 Å². The van der Waals surface area contributed by atoms with E-state index < -0.39 is 17.5 Å². The second-order valence-electron chi connectivity index (χ2n) is 8.82. The number of aryl methyl sites for hydroxylation is 1. The Morgan fingerprint density at radius 1 is 1.34 bits per heavy atom. The van der Waals surface area contributed by atoms with Gasteiger partial charge in [0.05, 0.1) is 10.6 Å². The number of hydrogen-bond donors (Lipinski definition) is 2. The molecule has 32 heavy (non-hydrogen) atoms. The molecule has 5 rings (SSSR count). The summed E-state index contributed by atoms with van der Waals surface area (Å²) in [4.78, 5) is 39.7. The van der Waals surface area contributed by atoms with Crippen molar-refractivity contribution in [3.63, 3.8) is 0 Å². The zero-order valence-corrected chi connectivity index (χ0v) is 19.4. The summed E-state index contributed by atoms with van der Waals surface area (Å²) in [5.74, 6) is 0.232. The van der Waals surface area contributed by atoms with Crippen molar-refractivity contribution in [2.75, 3.05) is 5.75 Å². The standard InChI is InChI=1S/C21H25N5O4S2/c1-12-5-6-14-13(9-12)10-15(32-14)17-23-24-20(30-17)31-11-16(27)25-26-18(28)21(22-19(26)29)7-3-2-4-8-21/h10,12H,2-9,11H2,1H3,(H,22,29)(H,25,27)/t12-/m1/s1. The Morgan fingerprint density at radius 2 is 2.16 bits per heavy atom. The summed E-state index contributed by atoms with van der Waals surface area (Å²) in [6.07, 6.45) is 7.39. The number of urea groups is 1. The van der Waals surface area contributed by atoms with Crippen molar-refractivity contribution < 1.29 is 18.8 Å². The van der Waals surface area contributed by atoms with Gasteiger partial charge in [-0.2, -0.15) is 5.01 Å². The number of hydrazine groups is 1. The van der Waals surface area contributed by atoms with Crippen LogP contribution in [0.2, 0.25) is 0 Å². The molecular formula is C21H25N5O4S2. The van der Waals surface area contributed by atoms with Crippen molar-refractivity contribution in [1.29, 1.82) is 0 Å². The lowest BCUT2D eigenvalue weighted by atomic mass is 9.82. The summed E-state index contributed by atoms with van der Waals surface area (Å²) in [7, 11) is 0. The lowest BCUT2D eigenvalue weighted by molar-refractivity contribution is -0.139. The van der Waals surface area contributed by atoms with Crippen molar-refractivity contribution in [1.82, 2.24) is 25.9 Å². The van der Waals surface area contributed by atoms with E-state index in [1.54, 1.807) is 11.3 Å². The number of imide groups is 1. The molecule has 1 spiro atoms. The lowest BCUT2D eigenvalue weighted by Crippen LogP contribution is -2.51. The van der Waals surface area contributed by atoms with Gasteiger partial charge in [0.15, 0.2) is 0 Å². The first-order valence-corrected chi connectivity index (χ1v) is 12.8. The number of carbonyl (C=O) groups is 3. The molecule has 0 bridgehead atoms. The third kappa shape index (κ3) is 4.03. The van der Waals surface area contributed by atoms with Gasteiger partial charge in [0.25, 0.3) is 17.0 Å². The van der Waals surface area contributed by atoms with Gasteiger partial charge in [-0.3, -0.25) is 15.0 Å². The molecule has 2 aliphatic carbocycles. The van der Waals surface area contributed by atoms with Crippen LogP contribution in [0.1, 0.15) is 55.9 Å². The zero-order valence-electron chi connectivity index (χ0n) is 17.8. The molecule has 170 valence electrons.